The highest BCUT2D eigenvalue weighted by molar-refractivity contribution is 6.17. The molecule has 222 valence electrons. The molecule has 10 nitrogen and oxygen atoms in total. The number of halogens is 4. The van der Waals surface area contributed by atoms with Gasteiger partial charge in [-0.3, -0.25) is 9.59 Å². The van der Waals surface area contributed by atoms with Crippen LogP contribution in [-0.4, -0.2) is 35.7 Å². The number of amides is 2. The van der Waals surface area contributed by atoms with Crippen molar-refractivity contribution in [3.8, 4) is 11.1 Å². The number of esters is 4. The lowest BCUT2D eigenvalue weighted by molar-refractivity contribution is 0.0425. The van der Waals surface area contributed by atoms with Gasteiger partial charge in [-0.2, -0.15) is 0 Å². The Balaban J connectivity index is 0.00000240. The van der Waals surface area contributed by atoms with Crippen LogP contribution < -0.4 is 10.6 Å². The Bertz CT molecular complexity index is 1910. The minimum Gasteiger partial charge on any atom is -0.386 e. The molecule has 0 unspecified atom stereocenters. The van der Waals surface area contributed by atoms with Crippen LogP contribution in [-0.2, 0) is 9.47 Å². The summed E-state index contributed by atoms with van der Waals surface area (Å²) in [6, 6.07) is 8.82. The first-order valence-corrected chi connectivity index (χ1v) is 12.3. The Morgan fingerprint density at radius 1 is 0.477 bits per heavy atom. The third kappa shape index (κ3) is 4.73. The van der Waals surface area contributed by atoms with Gasteiger partial charge in [0, 0.05) is 37.2 Å². The van der Waals surface area contributed by atoms with Crippen LogP contribution in [0.3, 0.4) is 0 Å². The monoisotopic (exact) mass is 608 g/mol. The number of nitrogens with one attached hydrogen (secondary N) is 2. The summed E-state index contributed by atoms with van der Waals surface area (Å²) in [4.78, 5) is 71.9. The molecular formula is C30H16F4N2O8. The normalized spacial score (nSPS) is 13.3. The van der Waals surface area contributed by atoms with E-state index in [2.05, 4.69) is 20.1 Å². The summed E-state index contributed by atoms with van der Waals surface area (Å²) < 4.78 is 68.7. The van der Waals surface area contributed by atoms with E-state index in [1.165, 1.54) is 0 Å². The van der Waals surface area contributed by atoms with Crippen LogP contribution in [0.4, 0.5) is 28.9 Å². The summed E-state index contributed by atoms with van der Waals surface area (Å²) in [5.74, 6) is -10.7. The predicted octanol–water partition coefficient (Wildman–Crippen LogP) is 5.53. The molecule has 0 fully saturated rings. The van der Waals surface area contributed by atoms with Gasteiger partial charge in [0.15, 0.2) is 0 Å². The van der Waals surface area contributed by atoms with Gasteiger partial charge in [-0.25, -0.2) is 36.7 Å². The highest BCUT2D eigenvalue weighted by atomic mass is 19.1. The first-order chi connectivity index (χ1) is 20.9. The fourth-order valence-electron chi connectivity index (χ4n) is 4.54. The molecule has 14 heteroatoms. The number of fused-ring (bicyclic) bond motifs is 2. The van der Waals surface area contributed by atoms with Crippen molar-refractivity contribution >= 4 is 47.1 Å². The van der Waals surface area contributed by atoms with Gasteiger partial charge in [0.1, 0.15) is 23.3 Å². The minimum atomic E-state index is -1.25. The zero-order chi connectivity index (χ0) is 31.4. The second-order valence-corrected chi connectivity index (χ2v) is 9.41. The van der Waals surface area contributed by atoms with Crippen LogP contribution in [0.2, 0.25) is 0 Å². The highest BCUT2D eigenvalue weighted by Crippen LogP contribution is 2.33. The quantitative estimate of drug-likeness (QED) is 0.171. The lowest BCUT2D eigenvalue weighted by atomic mass is 10.0. The number of rotatable bonds is 5. The number of ether oxygens (including phenoxy) is 2. The molecule has 2 aliphatic rings. The summed E-state index contributed by atoms with van der Waals surface area (Å²) in [6.07, 6.45) is 0. The standard InChI is InChI=1S/C30H12F4N2O8.2H2/c31-19-9-23(35-25(37)11-1-3-13-17(5-11)29(41)43-27(13)39)21(33)7-15(19)16-8-22(34)24(10-20(16)32)36-26(38)12-2-4-14-18(6-12)30(42)44-28(14)40;;/h1-10H,(H,35,37)(H,36,38);2*1H. The minimum absolute atomic E-state index is 0. The van der Waals surface area contributed by atoms with Crippen molar-refractivity contribution in [2.75, 3.05) is 10.6 Å². The summed E-state index contributed by atoms with van der Waals surface area (Å²) in [5.41, 5.74) is -3.63. The van der Waals surface area contributed by atoms with Crippen molar-refractivity contribution in [1.29, 1.82) is 0 Å². The Kier molecular flexibility index (Phi) is 6.53. The van der Waals surface area contributed by atoms with Gasteiger partial charge >= 0.3 is 23.9 Å². The first-order valence-electron chi connectivity index (χ1n) is 12.3. The number of hydrogen-bond acceptors (Lipinski definition) is 8. The SMILES string of the molecule is O=C(Nc1cc(F)c(-c2cc(F)c(NC(=O)c3ccc4c(c3)C(=O)OC4=O)cc2F)cc1F)c1ccc2c(c1)C(=O)OC2=O.[HH].[HH]. The molecule has 2 amide bonds. The average Bonchev–Trinajstić information content (AvgIpc) is 3.44. The van der Waals surface area contributed by atoms with E-state index in [-0.39, 0.29) is 36.2 Å². The van der Waals surface area contributed by atoms with Crippen molar-refractivity contribution < 1.29 is 58.7 Å². The molecule has 0 bridgehead atoms. The summed E-state index contributed by atoms with van der Waals surface area (Å²) in [6.45, 7) is 0. The molecule has 0 saturated carbocycles. The maximum Gasteiger partial charge on any atom is 0.346 e. The molecule has 2 aliphatic heterocycles. The molecule has 44 heavy (non-hydrogen) atoms. The lowest BCUT2D eigenvalue weighted by Crippen LogP contribution is -2.15. The maximum atomic E-state index is 15.0. The molecule has 0 aromatic heterocycles. The number of carbonyl (C=O) groups is 6. The Hall–Kier alpha value is -6.18. The Labute approximate surface area is 245 Å². The van der Waals surface area contributed by atoms with E-state index in [0.29, 0.717) is 24.3 Å². The van der Waals surface area contributed by atoms with E-state index in [0.717, 1.165) is 36.4 Å². The molecule has 0 saturated heterocycles. The topological polar surface area (TPSA) is 145 Å². The van der Waals surface area contributed by atoms with Crippen LogP contribution in [0.5, 0.6) is 0 Å². The van der Waals surface area contributed by atoms with Gasteiger partial charge in [-0.1, -0.05) is 0 Å². The van der Waals surface area contributed by atoms with Gasteiger partial charge in [-0.15, -0.1) is 0 Å². The predicted molar refractivity (Wildman–Crippen MR) is 144 cm³/mol. The largest absolute Gasteiger partial charge is 0.386 e. The van der Waals surface area contributed by atoms with Crippen molar-refractivity contribution in [3.05, 3.63) is 117 Å². The highest BCUT2D eigenvalue weighted by Gasteiger charge is 2.32. The van der Waals surface area contributed by atoms with Crippen LogP contribution >= 0.6 is 0 Å². The molecule has 0 aliphatic carbocycles. The van der Waals surface area contributed by atoms with Crippen LogP contribution in [0.25, 0.3) is 11.1 Å². The number of benzene rings is 4. The number of hydrogen-bond donors (Lipinski definition) is 2. The van der Waals surface area contributed by atoms with Gasteiger partial charge in [0.2, 0.25) is 0 Å². The Morgan fingerprint density at radius 3 is 1.23 bits per heavy atom. The van der Waals surface area contributed by atoms with Gasteiger partial charge in [-0.05, 0) is 48.5 Å². The number of cyclic esters (lactones) is 4. The van der Waals surface area contributed by atoms with Crippen LogP contribution in [0.15, 0.2) is 60.7 Å². The zero-order valence-electron chi connectivity index (χ0n) is 21.6. The maximum absolute atomic E-state index is 15.0. The van der Waals surface area contributed by atoms with E-state index in [4.69, 9.17) is 0 Å². The molecule has 0 radical (unpaired) electrons. The van der Waals surface area contributed by atoms with Crippen molar-refractivity contribution in [3.63, 3.8) is 0 Å². The van der Waals surface area contributed by atoms with Crippen molar-refractivity contribution in [2.45, 2.75) is 0 Å². The van der Waals surface area contributed by atoms with Gasteiger partial charge < -0.3 is 20.1 Å². The Morgan fingerprint density at radius 2 is 0.841 bits per heavy atom. The van der Waals surface area contributed by atoms with Gasteiger partial charge in [0.05, 0.1) is 33.6 Å². The fourth-order valence-corrected chi connectivity index (χ4v) is 4.54. The molecule has 4 aromatic carbocycles. The van der Waals surface area contributed by atoms with E-state index in [1.807, 2.05) is 0 Å². The summed E-state index contributed by atoms with van der Waals surface area (Å²) >= 11 is 0. The molecule has 6 rings (SSSR count). The smallest absolute Gasteiger partial charge is 0.346 e. The van der Waals surface area contributed by atoms with E-state index >= 15 is 8.78 Å². The van der Waals surface area contributed by atoms with Crippen molar-refractivity contribution in [2.24, 2.45) is 0 Å². The second kappa shape index (κ2) is 10.3. The molecule has 2 heterocycles. The first kappa shape index (κ1) is 28.0. The molecule has 2 N–H and O–H groups in total. The van der Waals surface area contributed by atoms with Crippen molar-refractivity contribution in [1.82, 2.24) is 0 Å². The fraction of sp³-hybridized carbons (Fsp3) is 0. The van der Waals surface area contributed by atoms with E-state index in [1.54, 1.807) is 0 Å². The number of anilines is 2. The molecule has 4 aromatic rings. The van der Waals surface area contributed by atoms with Crippen LogP contribution in [0.1, 0.15) is 65.0 Å². The zero-order valence-corrected chi connectivity index (χ0v) is 21.6. The molecular weight excluding hydrogens is 592 g/mol. The van der Waals surface area contributed by atoms with E-state index < -0.39 is 81.5 Å². The third-order valence-corrected chi connectivity index (χ3v) is 6.71. The average molecular weight is 608 g/mol. The van der Waals surface area contributed by atoms with E-state index in [9.17, 15) is 37.5 Å². The van der Waals surface area contributed by atoms with Gasteiger partial charge in [0.25, 0.3) is 11.8 Å². The molecule has 0 spiro atoms. The lowest BCUT2D eigenvalue weighted by Gasteiger charge is -2.13. The molecule has 0 atom stereocenters. The summed E-state index contributed by atoms with van der Waals surface area (Å²) in [7, 11) is 0. The second-order valence-electron chi connectivity index (χ2n) is 9.41. The third-order valence-electron chi connectivity index (χ3n) is 6.71. The summed E-state index contributed by atoms with van der Waals surface area (Å²) in [5, 5.41) is 4.20. The van der Waals surface area contributed by atoms with Crippen LogP contribution in [0, 0.1) is 23.3 Å². The number of carbonyl (C=O) groups excluding carboxylic acids is 6.